The smallest absolute Gasteiger partial charge is 0.268 e. The van der Waals surface area contributed by atoms with Crippen molar-refractivity contribution < 1.29 is 24.1 Å². The molecule has 2 aromatic heterocycles. The number of aromatic hydroxyl groups is 1. The van der Waals surface area contributed by atoms with Crippen molar-refractivity contribution >= 4 is 16.9 Å². The first-order valence-electron chi connectivity index (χ1n) is 12.6. The first-order valence-corrected chi connectivity index (χ1v) is 12.6. The van der Waals surface area contributed by atoms with Gasteiger partial charge in [0.2, 0.25) is 0 Å². The summed E-state index contributed by atoms with van der Waals surface area (Å²) < 4.78 is 20.7. The molecule has 1 fully saturated rings. The molecule has 2 aliphatic rings. The standard InChI is InChI=1S/C27H33FN4O5/c1-3-19(28)8-7-17(2)13-18-14-30-22-23-25(18)37-20(16-33)15-32(23)27(36)21(24(22)34)26(35)29-9-6-12-31-10-4-5-11-31/h3,7-8,14,20,33-34H,2,4-6,9-13,15-16H2,1H3,(H,29,35). The van der Waals surface area contributed by atoms with Gasteiger partial charge in [0.25, 0.3) is 11.5 Å². The summed E-state index contributed by atoms with van der Waals surface area (Å²) in [5.41, 5.74) is 0.343. The summed E-state index contributed by atoms with van der Waals surface area (Å²) in [4.78, 5) is 33.0. The Bertz CT molecular complexity index is 1310. The van der Waals surface area contributed by atoms with E-state index >= 15 is 0 Å². The number of nitrogens with one attached hydrogen (secondary N) is 1. The molecule has 198 valence electrons. The van der Waals surface area contributed by atoms with Crippen LogP contribution in [0.5, 0.6) is 11.5 Å². The quantitative estimate of drug-likeness (QED) is 0.331. The monoisotopic (exact) mass is 512 g/mol. The molecule has 3 N–H and O–H groups in total. The van der Waals surface area contributed by atoms with E-state index in [-0.39, 0.29) is 41.9 Å². The molecule has 10 heteroatoms. The maximum atomic E-state index is 13.5. The normalized spacial score (nSPS) is 17.9. The number of allylic oxidation sites excluding steroid dienone is 5. The topological polar surface area (TPSA) is 117 Å². The number of aliphatic hydroxyl groups excluding tert-OH is 1. The van der Waals surface area contributed by atoms with E-state index in [1.54, 1.807) is 6.92 Å². The molecule has 1 saturated heterocycles. The number of nitrogens with zero attached hydrogens (tertiary/aromatic N) is 3. The third kappa shape index (κ3) is 5.75. The summed E-state index contributed by atoms with van der Waals surface area (Å²) in [6, 6.07) is 0. The Hall–Kier alpha value is -3.50. The highest BCUT2D eigenvalue weighted by atomic mass is 19.1. The minimum atomic E-state index is -0.736. The van der Waals surface area contributed by atoms with Gasteiger partial charge < -0.3 is 25.2 Å². The second kappa shape index (κ2) is 11.7. The van der Waals surface area contributed by atoms with Gasteiger partial charge in [-0.2, -0.15) is 0 Å². The van der Waals surface area contributed by atoms with E-state index in [9.17, 15) is 24.2 Å². The number of hydrogen-bond donors (Lipinski definition) is 3. The van der Waals surface area contributed by atoms with Gasteiger partial charge in [-0.3, -0.25) is 19.1 Å². The Morgan fingerprint density at radius 1 is 1.35 bits per heavy atom. The number of aliphatic hydroxyl groups is 1. The SMILES string of the molecule is C=C(C=CC(F)=CC)Cc1cnc2c(O)c(C(=O)NCCCN3CCCC3)c(=O)n3c2c1OC(CO)C3. The Kier molecular flexibility index (Phi) is 8.40. The molecule has 2 aliphatic heterocycles. The summed E-state index contributed by atoms with van der Waals surface area (Å²) in [5.74, 6) is -1.32. The van der Waals surface area contributed by atoms with Crippen LogP contribution in [0.2, 0.25) is 0 Å². The fourth-order valence-corrected chi connectivity index (χ4v) is 4.74. The number of pyridine rings is 2. The van der Waals surface area contributed by atoms with Gasteiger partial charge in [-0.1, -0.05) is 24.3 Å². The van der Waals surface area contributed by atoms with Crippen LogP contribution < -0.4 is 15.6 Å². The maximum Gasteiger partial charge on any atom is 0.268 e. The zero-order valence-corrected chi connectivity index (χ0v) is 21.0. The average Bonchev–Trinajstić information content (AvgIpc) is 3.42. The zero-order chi connectivity index (χ0) is 26.5. The van der Waals surface area contributed by atoms with Gasteiger partial charge in [-0.05, 0) is 51.9 Å². The number of carbonyl (C=O) groups excluding carboxylic acids is 1. The van der Waals surface area contributed by atoms with Crippen molar-refractivity contribution in [3.8, 4) is 11.5 Å². The maximum absolute atomic E-state index is 13.5. The Balaban J connectivity index is 1.64. The van der Waals surface area contributed by atoms with Crippen molar-refractivity contribution in [2.45, 2.75) is 45.3 Å². The molecule has 0 spiro atoms. The van der Waals surface area contributed by atoms with Gasteiger partial charge in [0.1, 0.15) is 28.5 Å². The lowest BCUT2D eigenvalue weighted by Gasteiger charge is -2.28. The Morgan fingerprint density at radius 2 is 2.11 bits per heavy atom. The van der Waals surface area contributed by atoms with Crippen LogP contribution in [-0.2, 0) is 13.0 Å². The van der Waals surface area contributed by atoms with Gasteiger partial charge in [-0.15, -0.1) is 0 Å². The molecular weight excluding hydrogens is 479 g/mol. The van der Waals surface area contributed by atoms with E-state index in [0.29, 0.717) is 17.7 Å². The number of ether oxygens (including phenoxy) is 1. The highest BCUT2D eigenvalue weighted by Crippen LogP contribution is 2.37. The molecule has 9 nitrogen and oxygen atoms in total. The van der Waals surface area contributed by atoms with E-state index in [0.717, 1.165) is 26.1 Å². The van der Waals surface area contributed by atoms with Crippen molar-refractivity contribution in [1.29, 1.82) is 0 Å². The molecule has 1 atom stereocenters. The average molecular weight is 513 g/mol. The minimum Gasteiger partial charge on any atom is -0.505 e. The van der Waals surface area contributed by atoms with Crippen LogP contribution in [0.4, 0.5) is 4.39 Å². The lowest BCUT2D eigenvalue weighted by molar-refractivity contribution is 0.0913. The van der Waals surface area contributed by atoms with Gasteiger partial charge in [0.15, 0.2) is 11.5 Å². The van der Waals surface area contributed by atoms with Crippen molar-refractivity contribution in [2.24, 2.45) is 0 Å². The Labute approximate surface area is 214 Å². The third-order valence-corrected chi connectivity index (χ3v) is 6.68. The fourth-order valence-electron chi connectivity index (χ4n) is 4.74. The second-order valence-electron chi connectivity index (χ2n) is 9.37. The van der Waals surface area contributed by atoms with Crippen LogP contribution in [0.3, 0.4) is 0 Å². The molecule has 4 rings (SSSR count). The molecule has 0 bridgehead atoms. The van der Waals surface area contributed by atoms with Crippen LogP contribution in [0.25, 0.3) is 11.0 Å². The van der Waals surface area contributed by atoms with Crippen molar-refractivity contribution in [2.75, 3.05) is 32.8 Å². The van der Waals surface area contributed by atoms with Crippen LogP contribution in [0.15, 0.2) is 47.2 Å². The van der Waals surface area contributed by atoms with Crippen molar-refractivity contribution in [3.63, 3.8) is 0 Å². The first-order chi connectivity index (χ1) is 17.8. The molecule has 2 aromatic rings. The summed E-state index contributed by atoms with van der Waals surface area (Å²) in [7, 11) is 0. The summed E-state index contributed by atoms with van der Waals surface area (Å²) in [6.45, 7) is 8.50. The number of hydrogen-bond acceptors (Lipinski definition) is 7. The number of carbonyl (C=O) groups is 1. The van der Waals surface area contributed by atoms with Crippen molar-refractivity contribution in [1.82, 2.24) is 19.8 Å². The predicted molar refractivity (Wildman–Crippen MR) is 139 cm³/mol. The third-order valence-electron chi connectivity index (χ3n) is 6.68. The van der Waals surface area contributed by atoms with Gasteiger partial charge >= 0.3 is 0 Å². The molecule has 37 heavy (non-hydrogen) atoms. The molecule has 4 heterocycles. The number of amides is 1. The fraction of sp³-hybridized carbons (Fsp3) is 0.444. The molecule has 0 radical (unpaired) electrons. The first kappa shape index (κ1) is 26.6. The highest BCUT2D eigenvalue weighted by molar-refractivity contribution is 6.02. The van der Waals surface area contributed by atoms with E-state index in [1.807, 2.05) is 0 Å². The zero-order valence-electron chi connectivity index (χ0n) is 21.0. The van der Waals surface area contributed by atoms with Gasteiger partial charge in [0.05, 0.1) is 13.2 Å². The lowest BCUT2D eigenvalue weighted by Crippen LogP contribution is -2.40. The van der Waals surface area contributed by atoms with Crippen molar-refractivity contribution in [3.05, 3.63) is 63.9 Å². The molecular formula is C27H33FN4O5. The number of aromatic nitrogens is 2. The van der Waals surface area contributed by atoms with Gasteiger partial charge in [-0.25, -0.2) is 4.39 Å². The number of halogens is 1. The van der Waals surface area contributed by atoms with Crippen LogP contribution in [0, 0.1) is 0 Å². The summed E-state index contributed by atoms with van der Waals surface area (Å²) in [6.07, 6.45) is 8.21. The molecule has 0 aliphatic carbocycles. The van der Waals surface area contributed by atoms with E-state index in [4.69, 9.17) is 4.74 Å². The van der Waals surface area contributed by atoms with E-state index in [2.05, 4.69) is 21.8 Å². The van der Waals surface area contributed by atoms with E-state index in [1.165, 1.54) is 41.8 Å². The van der Waals surface area contributed by atoms with E-state index < -0.39 is 29.1 Å². The molecule has 0 aromatic carbocycles. The summed E-state index contributed by atoms with van der Waals surface area (Å²) in [5, 5.41) is 23.5. The van der Waals surface area contributed by atoms with Crippen LogP contribution in [-0.4, -0.2) is 69.5 Å². The van der Waals surface area contributed by atoms with Crippen LogP contribution in [0.1, 0.15) is 42.1 Å². The van der Waals surface area contributed by atoms with Gasteiger partial charge in [0, 0.05) is 24.7 Å². The lowest BCUT2D eigenvalue weighted by atomic mass is 10.0. The summed E-state index contributed by atoms with van der Waals surface area (Å²) >= 11 is 0. The molecule has 0 saturated carbocycles. The second-order valence-corrected chi connectivity index (χ2v) is 9.37. The number of likely N-dealkylation sites (tertiary alicyclic amines) is 1. The van der Waals surface area contributed by atoms with Crippen LogP contribution >= 0.6 is 0 Å². The predicted octanol–water partition coefficient (Wildman–Crippen LogP) is 2.60. The minimum absolute atomic E-state index is 0.00710. The largest absolute Gasteiger partial charge is 0.505 e. The highest BCUT2D eigenvalue weighted by Gasteiger charge is 2.31. The number of rotatable bonds is 10. The molecule has 1 amide bonds. The molecule has 1 unspecified atom stereocenters. The Morgan fingerprint density at radius 3 is 2.81 bits per heavy atom.